The number of ether oxygens (including phenoxy) is 1. The number of rotatable bonds is 2. The molecule has 80 valence electrons. The Bertz CT molecular complexity index is 408. The maximum absolute atomic E-state index is 13.1. The van der Waals surface area contributed by atoms with E-state index in [1.165, 1.54) is 0 Å². The van der Waals surface area contributed by atoms with E-state index in [0.717, 1.165) is 7.11 Å². The van der Waals surface area contributed by atoms with Crippen LogP contribution in [0, 0.1) is 11.6 Å². The minimum atomic E-state index is -1.26. The van der Waals surface area contributed by atoms with E-state index in [1.54, 1.807) is 0 Å². The van der Waals surface area contributed by atoms with Gasteiger partial charge in [-0.05, 0) is 23.7 Å². The number of carbonyl (C=O) groups excluding carboxylic acids is 2. The van der Waals surface area contributed by atoms with Gasteiger partial charge < -0.3 is 4.74 Å². The van der Waals surface area contributed by atoms with Gasteiger partial charge in [-0.1, -0.05) is 0 Å². The predicted molar refractivity (Wildman–Crippen MR) is 47.9 cm³/mol. The molecule has 0 spiro atoms. The quantitative estimate of drug-likeness (QED) is 0.582. The summed E-state index contributed by atoms with van der Waals surface area (Å²) in [5, 5.41) is -1.26. The van der Waals surface area contributed by atoms with E-state index in [-0.39, 0.29) is 5.56 Å². The molecule has 0 heterocycles. The molecule has 0 radical (unpaired) electrons. The molecule has 0 fully saturated rings. The number of esters is 1. The summed E-state index contributed by atoms with van der Waals surface area (Å²) in [5.74, 6) is -3.30. The minimum absolute atomic E-state index is 0.325. The zero-order valence-corrected chi connectivity index (χ0v) is 8.27. The molecule has 3 nitrogen and oxygen atoms in total. The van der Waals surface area contributed by atoms with Crippen LogP contribution in [-0.4, -0.2) is 18.3 Å². The second-order valence-corrected chi connectivity index (χ2v) is 2.92. The molecule has 0 aromatic heterocycles. The zero-order valence-electron chi connectivity index (χ0n) is 7.51. The average molecular weight is 235 g/mol. The van der Waals surface area contributed by atoms with Gasteiger partial charge in [0, 0.05) is 0 Å². The molecule has 1 rings (SSSR count). The monoisotopic (exact) mass is 234 g/mol. The Morgan fingerprint density at radius 1 is 1.27 bits per heavy atom. The first kappa shape index (κ1) is 11.6. The lowest BCUT2D eigenvalue weighted by atomic mass is 10.1. The minimum Gasteiger partial charge on any atom is -0.465 e. The van der Waals surface area contributed by atoms with Crippen LogP contribution in [0.5, 0.6) is 0 Å². The Kier molecular flexibility index (Phi) is 3.36. The lowest BCUT2D eigenvalue weighted by Gasteiger charge is -2.03. The van der Waals surface area contributed by atoms with E-state index in [9.17, 15) is 18.4 Å². The van der Waals surface area contributed by atoms with Crippen LogP contribution < -0.4 is 0 Å². The molecule has 6 heteroatoms. The third kappa shape index (κ3) is 2.30. The summed E-state index contributed by atoms with van der Waals surface area (Å²) in [6.07, 6.45) is 0. The summed E-state index contributed by atoms with van der Waals surface area (Å²) in [4.78, 5) is 21.5. The van der Waals surface area contributed by atoms with Gasteiger partial charge in [-0.2, -0.15) is 0 Å². The van der Waals surface area contributed by atoms with Crippen molar-refractivity contribution in [3.63, 3.8) is 0 Å². The molecule has 1 aromatic carbocycles. The smallest absolute Gasteiger partial charge is 0.338 e. The largest absolute Gasteiger partial charge is 0.465 e. The van der Waals surface area contributed by atoms with Gasteiger partial charge in [0.05, 0.1) is 12.7 Å². The van der Waals surface area contributed by atoms with Crippen LogP contribution in [0.15, 0.2) is 12.1 Å². The van der Waals surface area contributed by atoms with Crippen LogP contribution in [0.3, 0.4) is 0 Å². The van der Waals surface area contributed by atoms with Crippen molar-refractivity contribution in [2.45, 2.75) is 0 Å². The summed E-state index contributed by atoms with van der Waals surface area (Å²) < 4.78 is 30.5. The zero-order chi connectivity index (χ0) is 11.6. The van der Waals surface area contributed by atoms with Crippen LogP contribution in [0.25, 0.3) is 0 Å². The van der Waals surface area contributed by atoms with Crippen LogP contribution in [-0.2, 0) is 4.74 Å². The molecule has 0 amide bonds. The van der Waals surface area contributed by atoms with Crippen LogP contribution >= 0.6 is 11.6 Å². The lowest BCUT2D eigenvalue weighted by Crippen LogP contribution is -2.07. The van der Waals surface area contributed by atoms with Crippen molar-refractivity contribution in [3.8, 4) is 0 Å². The number of hydrogen-bond donors (Lipinski definition) is 0. The van der Waals surface area contributed by atoms with Gasteiger partial charge >= 0.3 is 5.97 Å². The van der Waals surface area contributed by atoms with Crippen molar-refractivity contribution < 1.29 is 23.1 Å². The van der Waals surface area contributed by atoms with Gasteiger partial charge in [-0.15, -0.1) is 0 Å². The number of carbonyl (C=O) groups is 2. The van der Waals surface area contributed by atoms with Crippen molar-refractivity contribution in [3.05, 3.63) is 34.9 Å². The average Bonchev–Trinajstić information content (AvgIpc) is 2.14. The number of halogens is 3. The SMILES string of the molecule is COC(=O)c1cc(F)c(C(=O)Cl)c(F)c1. The molecule has 1 aromatic rings. The predicted octanol–water partition coefficient (Wildman–Crippen LogP) is 2.13. The molecule has 0 saturated heterocycles. The highest BCUT2D eigenvalue weighted by atomic mass is 35.5. The molecular weight excluding hydrogens is 230 g/mol. The summed E-state index contributed by atoms with van der Waals surface area (Å²) >= 11 is 4.94. The highest BCUT2D eigenvalue weighted by Crippen LogP contribution is 2.17. The molecule has 0 unspecified atom stereocenters. The normalized spacial score (nSPS) is 9.87. The standard InChI is InChI=1S/C9H5ClF2O3/c1-15-9(14)4-2-5(11)7(8(10)13)6(12)3-4/h2-3H,1H3. The van der Waals surface area contributed by atoms with Gasteiger partial charge in [-0.3, -0.25) is 4.79 Å². The van der Waals surface area contributed by atoms with Gasteiger partial charge in [-0.25, -0.2) is 13.6 Å². The fourth-order valence-corrected chi connectivity index (χ4v) is 1.18. The first-order valence-corrected chi connectivity index (χ1v) is 4.12. The summed E-state index contributed by atoms with van der Waals surface area (Å²) in [7, 11) is 1.07. The molecular formula is C9H5ClF2O3. The van der Waals surface area contributed by atoms with Crippen molar-refractivity contribution in [2.24, 2.45) is 0 Å². The Morgan fingerprint density at radius 2 is 1.73 bits per heavy atom. The van der Waals surface area contributed by atoms with Gasteiger partial charge in [0.25, 0.3) is 5.24 Å². The number of hydrogen-bond acceptors (Lipinski definition) is 3. The summed E-state index contributed by atoms with van der Waals surface area (Å²) in [6, 6.07) is 1.37. The van der Waals surface area contributed by atoms with E-state index in [4.69, 9.17) is 11.6 Å². The fourth-order valence-electron chi connectivity index (χ4n) is 0.997. The molecule has 0 bridgehead atoms. The molecule has 0 aliphatic rings. The van der Waals surface area contributed by atoms with Crippen LogP contribution in [0.2, 0.25) is 0 Å². The van der Waals surface area contributed by atoms with E-state index in [0.29, 0.717) is 12.1 Å². The van der Waals surface area contributed by atoms with Crippen molar-refractivity contribution in [1.82, 2.24) is 0 Å². The first-order valence-electron chi connectivity index (χ1n) is 3.74. The third-order valence-corrected chi connectivity index (χ3v) is 1.85. The van der Waals surface area contributed by atoms with E-state index >= 15 is 0 Å². The van der Waals surface area contributed by atoms with Crippen LogP contribution in [0.1, 0.15) is 20.7 Å². The van der Waals surface area contributed by atoms with Gasteiger partial charge in [0.15, 0.2) is 0 Å². The topological polar surface area (TPSA) is 43.4 Å². The van der Waals surface area contributed by atoms with Crippen molar-refractivity contribution >= 4 is 22.8 Å². The summed E-state index contributed by atoms with van der Waals surface area (Å²) in [6.45, 7) is 0. The third-order valence-electron chi connectivity index (χ3n) is 1.66. The molecule has 0 atom stereocenters. The second-order valence-electron chi connectivity index (χ2n) is 2.58. The highest BCUT2D eigenvalue weighted by Gasteiger charge is 2.19. The first-order chi connectivity index (χ1) is 6.97. The Morgan fingerprint density at radius 3 is 2.07 bits per heavy atom. The van der Waals surface area contributed by atoms with E-state index < -0.39 is 28.4 Å². The molecule has 0 saturated carbocycles. The Labute approximate surface area is 88.6 Å². The number of methoxy groups -OCH3 is 1. The second kappa shape index (κ2) is 4.35. The van der Waals surface area contributed by atoms with Crippen molar-refractivity contribution in [2.75, 3.05) is 7.11 Å². The van der Waals surface area contributed by atoms with Gasteiger partial charge in [0.2, 0.25) is 0 Å². The molecule has 0 N–H and O–H groups in total. The van der Waals surface area contributed by atoms with E-state index in [2.05, 4.69) is 4.74 Å². The Hall–Kier alpha value is -1.49. The maximum Gasteiger partial charge on any atom is 0.338 e. The fraction of sp³-hybridized carbons (Fsp3) is 0.111. The molecule has 0 aliphatic heterocycles. The Balaban J connectivity index is 3.31. The molecule has 0 aliphatic carbocycles. The lowest BCUT2D eigenvalue weighted by molar-refractivity contribution is 0.0599. The maximum atomic E-state index is 13.1. The number of benzene rings is 1. The van der Waals surface area contributed by atoms with Crippen LogP contribution in [0.4, 0.5) is 8.78 Å². The summed E-state index contributed by atoms with van der Waals surface area (Å²) in [5.41, 5.74) is -1.21. The highest BCUT2D eigenvalue weighted by molar-refractivity contribution is 6.67. The van der Waals surface area contributed by atoms with Gasteiger partial charge in [0.1, 0.15) is 17.2 Å². The van der Waals surface area contributed by atoms with Crippen molar-refractivity contribution in [1.29, 1.82) is 0 Å². The molecule has 15 heavy (non-hydrogen) atoms. The van der Waals surface area contributed by atoms with E-state index in [1.807, 2.05) is 0 Å².